The smallest absolute Gasteiger partial charge is 0.251 e. The summed E-state index contributed by atoms with van der Waals surface area (Å²) in [6, 6.07) is 13.8. The first-order valence-corrected chi connectivity index (χ1v) is 9.37. The molecule has 144 valence electrons. The largest absolute Gasteiger partial charge is 0.350 e. The number of hydrogen-bond acceptors (Lipinski definition) is 2. The molecule has 0 aliphatic heterocycles. The molecule has 0 radical (unpaired) electrons. The van der Waals surface area contributed by atoms with Gasteiger partial charge in [0, 0.05) is 17.6 Å². The molecule has 1 amide bonds. The molecule has 0 unspecified atom stereocenters. The van der Waals surface area contributed by atoms with Crippen LogP contribution in [0.5, 0.6) is 0 Å². The number of carbonyl (C=O) groups excluding carboxylic acids is 1. The molecular formula is C22H26F2N2O. The lowest BCUT2D eigenvalue weighted by atomic mass is 9.73. The van der Waals surface area contributed by atoms with E-state index in [1.807, 2.05) is 20.2 Å². The lowest BCUT2D eigenvalue weighted by Gasteiger charge is -2.45. The predicted octanol–water partition coefficient (Wildman–Crippen LogP) is 4.35. The average Bonchev–Trinajstić information content (AvgIpc) is 2.69. The number of nitrogens with one attached hydrogen (secondary N) is 1. The van der Waals surface area contributed by atoms with Crippen LogP contribution < -0.4 is 5.32 Å². The van der Waals surface area contributed by atoms with Gasteiger partial charge >= 0.3 is 0 Å². The summed E-state index contributed by atoms with van der Waals surface area (Å²) in [6.45, 7) is 0.485. The second-order valence-electron chi connectivity index (χ2n) is 7.62. The first-order valence-electron chi connectivity index (χ1n) is 9.37. The number of rotatable bonds is 5. The highest BCUT2D eigenvalue weighted by atomic mass is 19.2. The van der Waals surface area contributed by atoms with Crippen molar-refractivity contribution in [3.8, 4) is 0 Å². The Bertz CT molecular complexity index is 784. The highest BCUT2D eigenvalue weighted by molar-refractivity contribution is 5.94. The van der Waals surface area contributed by atoms with Crippen LogP contribution in [0.4, 0.5) is 8.78 Å². The minimum absolute atomic E-state index is 0.125. The van der Waals surface area contributed by atoms with E-state index in [0.29, 0.717) is 12.5 Å². The number of likely N-dealkylation sites (N-methyl/N-ethyl adjacent to an activating group) is 1. The molecule has 0 spiro atoms. The number of amides is 1. The van der Waals surface area contributed by atoms with Gasteiger partial charge in [-0.2, -0.15) is 0 Å². The van der Waals surface area contributed by atoms with Crippen molar-refractivity contribution in [3.05, 3.63) is 71.3 Å². The molecule has 27 heavy (non-hydrogen) atoms. The molecule has 1 N–H and O–H groups in total. The van der Waals surface area contributed by atoms with Crippen LogP contribution in [0.2, 0.25) is 0 Å². The Labute approximate surface area is 159 Å². The van der Waals surface area contributed by atoms with Crippen LogP contribution in [0.1, 0.15) is 47.5 Å². The summed E-state index contributed by atoms with van der Waals surface area (Å²) in [6.07, 6.45) is 4.06. The number of benzene rings is 2. The van der Waals surface area contributed by atoms with Gasteiger partial charge in [-0.15, -0.1) is 0 Å². The zero-order chi connectivity index (χ0) is 19.4. The van der Waals surface area contributed by atoms with Gasteiger partial charge < -0.3 is 10.2 Å². The van der Waals surface area contributed by atoms with Crippen LogP contribution in [0.15, 0.2) is 48.5 Å². The van der Waals surface area contributed by atoms with E-state index < -0.39 is 11.6 Å². The van der Waals surface area contributed by atoms with Gasteiger partial charge in [0.15, 0.2) is 11.6 Å². The number of nitrogens with zero attached hydrogens (tertiary/aromatic N) is 1. The third kappa shape index (κ3) is 4.35. The first-order chi connectivity index (χ1) is 12.9. The fraction of sp³-hybridized carbons (Fsp3) is 0.409. The minimum Gasteiger partial charge on any atom is -0.350 e. The monoisotopic (exact) mass is 372 g/mol. The molecule has 1 fully saturated rings. The Morgan fingerprint density at radius 3 is 2.33 bits per heavy atom. The van der Waals surface area contributed by atoms with E-state index in [2.05, 4.69) is 34.5 Å². The van der Waals surface area contributed by atoms with Gasteiger partial charge in [-0.3, -0.25) is 4.79 Å². The summed E-state index contributed by atoms with van der Waals surface area (Å²) in [5.41, 5.74) is 1.39. The Balaban J connectivity index is 1.64. The molecule has 2 aromatic carbocycles. The molecule has 2 aromatic rings. The summed E-state index contributed by atoms with van der Waals surface area (Å²) in [4.78, 5) is 14.6. The van der Waals surface area contributed by atoms with Crippen molar-refractivity contribution in [2.75, 3.05) is 20.6 Å². The highest BCUT2D eigenvalue weighted by Crippen LogP contribution is 2.40. The molecule has 0 bridgehead atoms. The number of hydrogen-bond donors (Lipinski definition) is 1. The molecule has 3 rings (SSSR count). The zero-order valence-corrected chi connectivity index (χ0v) is 15.8. The highest BCUT2D eigenvalue weighted by Gasteiger charge is 2.37. The van der Waals surface area contributed by atoms with E-state index in [1.165, 1.54) is 11.6 Å². The van der Waals surface area contributed by atoms with Crippen LogP contribution in [-0.2, 0) is 0 Å². The molecule has 0 heterocycles. The molecule has 0 aromatic heterocycles. The summed E-state index contributed by atoms with van der Waals surface area (Å²) < 4.78 is 26.4. The van der Waals surface area contributed by atoms with Gasteiger partial charge in [0.25, 0.3) is 5.91 Å². The van der Waals surface area contributed by atoms with E-state index in [1.54, 1.807) is 0 Å². The maximum absolute atomic E-state index is 13.4. The minimum atomic E-state index is -1.01. The second-order valence-corrected chi connectivity index (χ2v) is 7.62. The van der Waals surface area contributed by atoms with Crippen LogP contribution in [-0.4, -0.2) is 37.0 Å². The summed E-state index contributed by atoms with van der Waals surface area (Å²) in [5.74, 6) is -1.79. The summed E-state index contributed by atoms with van der Waals surface area (Å²) >= 11 is 0. The summed E-state index contributed by atoms with van der Waals surface area (Å²) in [5, 5.41) is 2.92. The van der Waals surface area contributed by atoms with Gasteiger partial charge in [-0.05, 0) is 69.5 Å². The average molecular weight is 372 g/mol. The normalized spacial score (nSPS) is 22.6. The Kier molecular flexibility index (Phi) is 5.90. The Morgan fingerprint density at radius 1 is 1.07 bits per heavy atom. The number of carbonyl (C=O) groups is 1. The van der Waals surface area contributed by atoms with Crippen molar-refractivity contribution < 1.29 is 13.6 Å². The predicted molar refractivity (Wildman–Crippen MR) is 103 cm³/mol. The third-order valence-electron chi connectivity index (χ3n) is 5.90. The lowest BCUT2D eigenvalue weighted by molar-refractivity contribution is 0.0768. The van der Waals surface area contributed by atoms with Gasteiger partial charge in [0.2, 0.25) is 0 Å². The van der Waals surface area contributed by atoms with Crippen molar-refractivity contribution in [2.45, 2.75) is 37.1 Å². The molecule has 5 heteroatoms. The van der Waals surface area contributed by atoms with Crippen molar-refractivity contribution in [1.82, 2.24) is 10.2 Å². The Hall–Kier alpha value is -2.27. The fourth-order valence-electron chi connectivity index (χ4n) is 3.98. The van der Waals surface area contributed by atoms with Crippen molar-refractivity contribution in [3.63, 3.8) is 0 Å². The van der Waals surface area contributed by atoms with E-state index in [-0.39, 0.29) is 17.0 Å². The standard InChI is InChI=1S/C22H26F2N2O/c1-26(2)22(12-10-17(11-13-22)16-6-4-3-5-7-16)15-25-21(27)18-8-9-19(23)20(24)14-18/h3-9,14,17H,10-13,15H2,1-2H3,(H,25,27). The topological polar surface area (TPSA) is 32.3 Å². The molecule has 0 saturated heterocycles. The number of halogens is 2. The van der Waals surface area contributed by atoms with Crippen LogP contribution in [0, 0.1) is 11.6 Å². The van der Waals surface area contributed by atoms with Crippen LogP contribution in [0.3, 0.4) is 0 Å². The van der Waals surface area contributed by atoms with Crippen LogP contribution >= 0.6 is 0 Å². The van der Waals surface area contributed by atoms with E-state index in [0.717, 1.165) is 37.8 Å². The fourth-order valence-corrected chi connectivity index (χ4v) is 3.98. The quantitative estimate of drug-likeness (QED) is 0.846. The maximum Gasteiger partial charge on any atom is 0.251 e. The van der Waals surface area contributed by atoms with Crippen molar-refractivity contribution >= 4 is 5.91 Å². The lowest BCUT2D eigenvalue weighted by Crippen LogP contribution is -2.54. The van der Waals surface area contributed by atoms with Gasteiger partial charge in [0.05, 0.1) is 0 Å². The van der Waals surface area contributed by atoms with Crippen LogP contribution in [0.25, 0.3) is 0 Å². The van der Waals surface area contributed by atoms with Gasteiger partial charge in [-0.25, -0.2) is 8.78 Å². The molecule has 3 nitrogen and oxygen atoms in total. The SMILES string of the molecule is CN(C)C1(CNC(=O)c2ccc(F)c(F)c2)CCC(c2ccccc2)CC1. The second kappa shape index (κ2) is 8.17. The van der Waals surface area contributed by atoms with E-state index in [9.17, 15) is 13.6 Å². The molecule has 0 atom stereocenters. The molecule has 1 saturated carbocycles. The van der Waals surface area contributed by atoms with Gasteiger partial charge in [0.1, 0.15) is 0 Å². The van der Waals surface area contributed by atoms with Crippen molar-refractivity contribution in [1.29, 1.82) is 0 Å². The van der Waals surface area contributed by atoms with Gasteiger partial charge in [-0.1, -0.05) is 30.3 Å². The molecule has 1 aliphatic rings. The first kappa shape index (κ1) is 19.5. The summed E-state index contributed by atoms with van der Waals surface area (Å²) in [7, 11) is 4.07. The maximum atomic E-state index is 13.4. The zero-order valence-electron chi connectivity index (χ0n) is 15.8. The molecule has 1 aliphatic carbocycles. The van der Waals surface area contributed by atoms with E-state index in [4.69, 9.17) is 0 Å². The Morgan fingerprint density at radius 2 is 1.74 bits per heavy atom. The van der Waals surface area contributed by atoms with E-state index >= 15 is 0 Å². The third-order valence-corrected chi connectivity index (χ3v) is 5.90. The van der Waals surface area contributed by atoms with Crippen molar-refractivity contribution in [2.24, 2.45) is 0 Å². The molecular weight excluding hydrogens is 346 g/mol.